The van der Waals surface area contributed by atoms with Gasteiger partial charge >= 0.3 is 0 Å². The summed E-state index contributed by atoms with van der Waals surface area (Å²) in [5.74, 6) is 0.122. The lowest BCUT2D eigenvalue weighted by atomic mass is 10.2. The first-order chi connectivity index (χ1) is 16.8. The highest BCUT2D eigenvalue weighted by Crippen LogP contribution is 2.37. The van der Waals surface area contributed by atoms with Crippen LogP contribution in [0.3, 0.4) is 0 Å². The highest BCUT2D eigenvalue weighted by Gasteiger charge is 2.41. The maximum atomic E-state index is 13.3. The molecule has 5 rings (SSSR count). The van der Waals surface area contributed by atoms with Gasteiger partial charge in [-0.25, -0.2) is 35.3 Å². The molecule has 0 unspecified atom stereocenters. The number of imidazole rings is 1. The SMILES string of the molecule is CC1(NS(=O)(=O)c2cc(N3CCN[C@@H](CS(C)(=O)=O)C3)c3cnc(-c4nnc(C(F)F)s4)n3c2)CC1. The molecule has 11 nitrogen and oxygen atoms in total. The van der Waals surface area contributed by atoms with Gasteiger partial charge in [-0.15, -0.1) is 10.2 Å². The number of nitrogens with one attached hydrogen (secondary N) is 2. The number of anilines is 1. The number of sulfone groups is 1. The van der Waals surface area contributed by atoms with Crippen LogP contribution in [0.25, 0.3) is 16.3 Å². The summed E-state index contributed by atoms with van der Waals surface area (Å²) < 4.78 is 80.8. The maximum Gasteiger partial charge on any atom is 0.291 e. The van der Waals surface area contributed by atoms with E-state index in [0.717, 1.165) is 12.8 Å². The third-order valence-corrected chi connectivity index (χ3v) is 9.74. The fourth-order valence-corrected chi connectivity index (χ4v) is 7.35. The largest absolute Gasteiger partial charge is 0.367 e. The Kier molecular flexibility index (Phi) is 6.30. The minimum absolute atomic E-state index is 0.0193. The molecule has 0 aromatic carbocycles. The quantitative estimate of drug-likeness (QED) is 0.418. The summed E-state index contributed by atoms with van der Waals surface area (Å²) in [5.41, 5.74) is 0.568. The average molecular weight is 562 g/mol. The van der Waals surface area contributed by atoms with Gasteiger partial charge in [0.05, 0.1) is 23.2 Å². The number of halogens is 2. The van der Waals surface area contributed by atoms with Crippen LogP contribution in [0.15, 0.2) is 23.4 Å². The van der Waals surface area contributed by atoms with Crippen molar-refractivity contribution < 1.29 is 25.6 Å². The average Bonchev–Trinajstić information content (AvgIpc) is 3.16. The minimum Gasteiger partial charge on any atom is -0.367 e. The predicted molar refractivity (Wildman–Crippen MR) is 131 cm³/mol. The Morgan fingerprint density at radius 3 is 2.67 bits per heavy atom. The number of alkyl halides is 2. The Labute approximate surface area is 210 Å². The molecule has 2 N–H and O–H groups in total. The van der Waals surface area contributed by atoms with Crippen molar-refractivity contribution in [3.8, 4) is 10.8 Å². The van der Waals surface area contributed by atoms with Gasteiger partial charge in [-0.2, -0.15) is 0 Å². The third kappa shape index (κ3) is 5.22. The van der Waals surface area contributed by atoms with Crippen LogP contribution in [-0.4, -0.2) is 79.6 Å². The fourth-order valence-electron chi connectivity index (χ4n) is 4.22. The van der Waals surface area contributed by atoms with Crippen molar-refractivity contribution in [3.05, 3.63) is 23.5 Å². The molecule has 3 aromatic heterocycles. The van der Waals surface area contributed by atoms with E-state index < -0.39 is 36.8 Å². The Morgan fingerprint density at radius 1 is 1.28 bits per heavy atom. The summed E-state index contributed by atoms with van der Waals surface area (Å²) in [7, 11) is -7.17. The number of sulfonamides is 1. The maximum absolute atomic E-state index is 13.3. The number of nitrogens with zero attached hydrogens (tertiary/aromatic N) is 5. The van der Waals surface area contributed by atoms with Crippen LogP contribution in [0.2, 0.25) is 0 Å². The Hall–Kier alpha value is -2.27. The van der Waals surface area contributed by atoms with Crippen LogP contribution < -0.4 is 14.9 Å². The molecule has 1 aliphatic carbocycles. The highest BCUT2D eigenvalue weighted by molar-refractivity contribution is 7.90. The monoisotopic (exact) mass is 561 g/mol. The van der Waals surface area contributed by atoms with Gasteiger partial charge in [0, 0.05) is 43.7 Å². The summed E-state index contributed by atoms with van der Waals surface area (Å²) in [6, 6.07) is 1.19. The summed E-state index contributed by atoms with van der Waals surface area (Å²) in [6.45, 7) is 3.15. The molecule has 1 atom stereocenters. The van der Waals surface area contributed by atoms with E-state index >= 15 is 0 Å². The van der Waals surface area contributed by atoms with Crippen molar-refractivity contribution in [1.82, 2.24) is 29.6 Å². The van der Waals surface area contributed by atoms with Gasteiger partial charge in [0.15, 0.2) is 15.8 Å². The first kappa shape index (κ1) is 25.4. The number of piperazine rings is 1. The molecule has 0 amide bonds. The molecule has 2 fully saturated rings. The lowest BCUT2D eigenvalue weighted by Gasteiger charge is -2.35. The van der Waals surface area contributed by atoms with Crippen molar-refractivity contribution in [2.45, 2.75) is 42.7 Å². The third-order valence-electron chi connectivity index (χ3n) is 6.20. The number of fused-ring (bicyclic) bond motifs is 1. The molecular weight excluding hydrogens is 536 g/mol. The van der Waals surface area contributed by atoms with E-state index in [1.807, 2.05) is 11.8 Å². The second kappa shape index (κ2) is 8.93. The standard InChI is InChI=1S/C20H25F2N7O4S3/c1-20(3-4-20)27-36(32,33)13-7-14(28-6-5-23-12(9-28)11-35(2,30)31)15-8-24-17(29(15)10-13)19-26-25-18(34-19)16(21)22/h7-8,10,12,16,23,27H,3-6,9,11H2,1-2H3/t12-/m1/s1. The van der Waals surface area contributed by atoms with Gasteiger partial charge in [0.1, 0.15) is 14.7 Å². The van der Waals surface area contributed by atoms with Crippen LogP contribution in [0.1, 0.15) is 31.2 Å². The van der Waals surface area contributed by atoms with Gasteiger partial charge in [0.25, 0.3) is 6.43 Å². The predicted octanol–water partition coefficient (Wildman–Crippen LogP) is 1.44. The van der Waals surface area contributed by atoms with Crippen molar-refractivity contribution in [1.29, 1.82) is 0 Å². The van der Waals surface area contributed by atoms with Gasteiger partial charge in [0.2, 0.25) is 10.0 Å². The topological polar surface area (TPSA) is 139 Å². The second-order valence-corrected chi connectivity index (χ2v) is 14.4. The summed E-state index contributed by atoms with van der Waals surface area (Å²) in [6.07, 6.45) is 2.75. The molecule has 0 bridgehead atoms. The van der Waals surface area contributed by atoms with Crippen molar-refractivity contribution in [3.63, 3.8) is 0 Å². The van der Waals surface area contributed by atoms with E-state index in [0.29, 0.717) is 42.2 Å². The molecule has 0 spiro atoms. The van der Waals surface area contributed by atoms with E-state index in [2.05, 4.69) is 25.2 Å². The van der Waals surface area contributed by atoms with Gasteiger partial charge in [-0.3, -0.25) is 4.40 Å². The molecular formula is C20H25F2N7O4S3. The lowest BCUT2D eigenvalue weighted by Crippen LogP contribution is -2.53. The number of hydrogen-bond donors (Lipinski definition) is 2. The van der Waals surface area contributed by atoms with E-state index in [4.69, 9.17) is 0 Å². The van der Waals surface area contributed by atoms with Crippen molar-refractivity contribution in [2.75, 3.05) is 36.5 Å². The van der Waals surface area contributed by atoms with Crippen LogP contribution in [0, 0.1) is 0 Å². The Balaban J connectivity index is 1.62. The number of rotatable bonds is 8. The minimum atomic E-state index is -3.92. The Morgan fingerprint density at radius 2 is 2.03 bits per heavy atom. The molecule has 196 valence electrons. The molecule has 0 radical (unpaired) electrons. The molecule has 2 aliphatic rings. The molecule has 16 heteroatoms. The number of hydrogen-bond acceptors (Lipinski definition) is 10. The summed E-state index contributed by atoms with van der Waals surface area (Å²) in [4.78, 5) is 6.25. The summed E-state index contributed by atoms with van der Waals surface area (Å²) >= 11 is 0.684. The highest BCUT2D eigenvalue weighted by atomic mass is 32.2. The van der Waals surface area contributed by atoms with E-state index in [1.165, 1.54) is 23.1 Å². The van der Waals surface area contributed by atoms with Crippen molar-refractivity contribution in [2.24, 2.45) is 0 Å². The van der Waals surface area contributed by atoms with Crippen LogP contribution >= 0.6 is 11.3 Å². The van der Waals surface area contributed by atoms with Crippen LogP contribution in [0.4, 0.5) is 14.5 Å². The molecule has 4 heterocycles. The molecule has 3 aromatic rings. The van der Waals surface area contributed by atoms with Crippen LogP contribution in [-0.2, 0) is 19.9 Å². The number of pyridine rings is 1. The smallest absolute Gasteiger partial charge is 0.291 e. The number of aromatic nitrogens is 4. The van der Waals surface area contributed by atoms with E-state index in [1.54, 1.807) is 6.07 Å². The molecule has 36 heavy (non-hydrogen) atoms. The van der Waals surface area contributed by atoms with Gasteiger partial charge in [-0.1, -0.05) is 11.3 Å². The van der Waals surface area contributed by atoms with Gasteiger partial charge in [-0.05, 0) is 25.8 Å². The zero-order valence-electron chi connectivity index (χ0n) is 19.5. The second-order valence-electron chi connectivity index (χ2n) is 9.50. The van der Waals surface area contributed by atoms with Gasteiger partial charge < -0.3 is 10.2 Å². The fraction of sp³-hybridized carbons (Fsp3) is 0.550. The zero-order valence-corrected chi connectivity index (χ0v) is 21.9. The summed E-state index contributed by atoms with van der Waals surface area (Å²) in [5, 5.41) is 10.2. The lowest BCUT2D eigenvalue weighted by molar-refractivity contribution is 0.150. The Bertz CT molecular complexity index is 1520. The first-order valence-corrected chi connectivity index (χ1v) is 15.5. The van der Waals surface area contributed by atoms with E-state index in [9.17, 15) is 25.6 Å². The first-order valence-electron chi connectivity index (χ1n) is 11.2. The zero-order chi connectivity index (χ0) is 25.9. The van der Waals surface area contributed by atoms with Crippen molar-refractivity contribution >= 4 is 42.4 Å². The van der Waals surface area contributed by atoms with Crippen LogP contribution in [0.5, 0.6) is 0 Å². The molecule has 1 aliphatic heterocycles. The van der Waals surface area contributed by atoms with E-state index in [-0.39, 0.29) is 27.5 Å². The molecule has 1 saturated heterocycles. The molecule has 1 saturated carbocycles. The normalized spacial score (nSPS) is 20.4.